The fourth-order valence-electron chi connectivity index (χ4n) is 3.98. The molecule has 2 N–H and O–H groups in total. The number of rotatable bonds is 4. The third kappa shape index (κ3) is 5.39. The summed E-state index contributed by atoms with van der Waals surface area (Å²) in [5, 5.41) is 10.2. The monoisotopic (exact) mass is 401 g/mol. The summed E-state index contributed by atoms with van der Waals surface area (Å²) in [5.74, 6) is 0.767. The van der Waals surface area contributed by atoms with Gasteiger partial charge >= 0.3 is 0 Å². The van der Waals surface area contributed by atoms with Crippen LogP contribution in [-0.2, 0) is 11.8 Å². The Labute approximate surface area is 171 Å². The van der Waals surface area contributed by atoms with E-state index in [2.05, 4.69) is 15.3 Å². The van der Waals surface area contributed by atoms with E-state index in [1.54, 1.807) is 12.5 Å². The average Bonchev–Trinajstić information content (AvgIpc) is 3.22. The van der Waals surface area contributed by atoms with Crippen LogP contribution in [0.25, 0.3) is 11.5 Å². The number of carbonyl (C=O) groups is 1. The number of nitrogens with zero attached hydrogens (tertiary/aromatic N) is 4. The van der Waals surface area contributed by atoms with Crippen molar-refractivity contribution in [2.75, 3.05) is 20.3 Å². The minimum Gasteiger partial charge on any atom is -0.400 e. The fourth-order valence-corrected chi connectivity index (χ4v) is 3.98. The molecule has 4 rings (SSSR count). The van der Waals surface area contributed by atoms with Gasteiger partial charge in [-0.1, -0.05) is 19.3 Å². The Morgan fingerprint density at radius 3 is 2.52 bits per heavy atom. The first-order valence-electron chi connectivity index (χ1n) is 10.4. The highest BCUT2D eigenvalue weighted by molar-refractivity contribution is 5.93. The molecule has 2 fully saturated rings. The molecule has 1 saturated carbocycles. The predicted octanol–water partition coefficient (Wildman–Crippen LogP) is 2.44. The lowest BCUT2D eigenvalue weighted by Gasteiger charge is -2.24. The van der Waals surface area contributed by atoms with E-state index < -0.39 is 0 Å². The van der Waals surface area contributed by atoms with Crippen molar-refractivity contribution >= 4 is 5.91 Å². The maximum absolute atomic E-state index is 12.9. The van der Waals surface area contributed by atoms with Crippen molar-refractivity contribution in [1.82, 2.24) is 24.8 Å². The van der Waals surface area contributed by atoms with Crippen LogP contribution in [0.2, 0.25) is 0 Å². The number of amides is 1. The Morgan fingerprint density at radius 1 is 1.14 bits per heavy atom. The molecule has 0 unspecified atom stereocenters. The molecule has 1 aliphatic heterocycles. The first-order valence-corrected chi connectivity index (χ1v) is 10.4. The minimum absolute atomic E-state index is 0.0963. The molecule has 158 valence electrons. The average molecular weight is 402 g/mol. The maximum atomic E-state index is 12.9. The third-order valence-corrected chi connectivity index (χ3v) is 5.60. The van der Waals surface area contributed by atoms with Gasteiger partial charge in [0.1, 0.15) is 11.4 Å². The van der Waals surface area contributed by atoms with Gasteiger partial charge in [0, 0.05) is 45.0 Å². The second-order valence-corrected chi connectivity index (χ2v) is 7.59. The number of nitrogens with one attached hydrogen (secondary N) is 1. The van der Waals surface area contributed by atoms with Crippen molar-refractivity contribution in [1.29, 1.82) is 0 Å². The molecule has 1 saturated heterocycles. The normalized spacial score (nSPS) is 18.0. The van der Waals surface area contributed by atoms with Crippen LogP contribution in [-0.4, -0.2) is 56.9 Å². The fraction of sp³-hybridized carbons (Fsp3) is 0.619. The van der Waals surface area contributed by atoms with Gasteiger partial charge in [0.05, 0.1) is 12.5 Å². The van der Waals surface area contributed by atoms with Gasteiger partial charge in [0.15, 0.2) is 5.82 Å². The number of aryl methyl sites for hydroxylation is 1. The zero-order valence-corrected chi connectivity index (χ0v) is 17.3. The second-order valence-electron chi connectivity index (χ2n) is 7.59. The van der Waals surface area contributed by atoms with Crippen molar-refractivity contribution in [3.63, 3.8) is 0 Å². The lowest BCUT2D eigenvalue weighted by molar-refractivity contribution is 0.0844. The first kappa shape index (κ1) is 21.4. The van der Waals surface area contributed by atoms with Gasteiger partial charge in [-0.2, -0.15) is 0 Å². The molecule has 1 amide bonds. The summed E-state index contributed by atoms with van der Waals surface area (Å²) in [4.78, 5) is 26.4. The van der Waals surface area contributed by atoms with Crippen molar-refractivity contribution in [2.45, 2.75) is 56.9 Å². The minimum atomic E-state index is -0.0963. The molecule has 0 atom stereocenters. The van der Waals surface area contributed by atoms with Crippen LogP contribution in [0.5, 0.6) is 0 Å². The van der Waals surface area contributed by atoms with E-state index >= 15 is 0 Å². The van der Waals surface area contributed by atoms with Crippen LogP contribution in [0.3, 0.4) is 0 Å². The number of ether oxygens (including phenoxy) is 1. The Balaban J connectivity index is 0.00000117. The van der Waals surface area contributed by atoms with Gasteiger partial charge in [-0.15, -0.1) is 0 Å². The van der Waals surface area contributed by atoms with Crippen LogP contribution < -0.4 is 5.32 Å². The molecule has 2 aliphatic rings. The van der Waals surface area contributed by atoms with E-state index in [0.29, 0.717) is 17.4 Å². The molecule has 0 bridgehead atoms. The van der Waals surface area contributed by atoms with Crippen LogP contribution in [0.15, 0.2) is 18.6 Å². The topological polar surface area (TPSA) is 102 Å². The summed E-state index contributed by atoms with van der Waals surface area (Å²) in [6.45, 7) is 1.47. The molecule has 3 heterocycles. The molecule has 29 heavy (non-hydrogen) atoms. The zero-order valence-electron chi connectivity index (χ0n) is 17.3. The van der Waals surface area contributed by atoms with Crippen LogP contribution in [0.1, 0.15) is 67.0 Å². The van der Waals surface area contributed by atoms with E-state index in [0.717, 1.165) is 57.4 Å². The van der Waals surface area contributed by atoms with Crippen LogP contribution in [0, 0.1) is 0 Å². The Hall–Kier alpha value is -2.32. The van der Waals surface area contributed by atoms with Crippen molar-refractivity contribution < 1.29 is 14.6 Å². The lowest BCUT2D eigenvalue weighted by atomic mass is 9.94. The van der Waals surface area contributed by atoms with Crippen LogP contribution >= 0.6 is 0 Å². The number of carbonyl (C=O) groups excluding carboxylic acids is 1. The molecule has 0 spiro atoms. The number of aromatic nitrogens is 4. The summed E-state index contributed by atoms with van der Waals surface area (Å²) < 4.78 is 7.37. The molecule has 8 heteroatoms. The molecular weight excluding hydrogens is 370 g/mol. The predicted molar refractivity (Wildman–Crippen MR) is 110 cm³/mol. The standard InChI is InChI=1S/C20H27N5O2.CH4O/c1-25-13-21-12-18(25)19-23-16(14-7-9-27-10-8-14)11-17(24-19)20(26)22-15-5-3-2-4-6-15;1-2/h11-15H,2-10H2,1H3,(H,22,26);2H,1H3. The molecular formula is C21H31N5O3. The summed E-state index contributed by atoms with van der Waals surface area (Å²) >= 11 is 0. The Bertz CT molecular complexity index is 795. The molecule has 2 aromatic heterocycles. The third-order valence-electron chi connectivity index (χ3n) is 5.60. The molecule has 8 nitrogen and oxygen atoms in total. The summed E-state index contributed by atoms with van der Waals surface area (Å²) in [7, 11) is 2.91. The number of aliphatic hydroxyl groups excluding tert-OH is 1. The maximum Gasteiger partial charge on any atom is 0.270 e. The van der Waals surface area contributed by atoms with Crippen molar-refractivity contribution in [3.05, 3.63) is 30.0 Å². The van der Waals surface area contributed by atoms with E-state index in [-0.39, 0.29) is 11.9 Å². The molecule has 1 aliphatic carbocycles. The summed E-state index contributed by atoms with van der Waals surface area (Å²) in [6.07, 6.45) is 11.0. The van der Waals surface area contributed by atoms with E-state index in [4.69, 9.17) is 14.8 Å². The van der Waals surface area contributed by atoms with E-state index in [1.165, 1.54) is 19.3 Å². The van der Waals surface area contributed by atoms with Gasteiger partial charge in [-0.3, -0.25) is 4.79 Å². The van der Waals surface area contributed by atoms with Crippen molar-refractivity contribution in [2.24, 2.45) is 7.05 Å². The number of imidazole rings is 1. The van der Waals surface area contributed by atoms with Gasteiger partial charge in [0.2, 0.25) is 0 Å². The largest absolute Gasteiger partial charge is 0.400 e. The molecule has 2 aromatic rings. The SMILES string of the molecule is CO.Cn1cncc1-c1nc(C(=O)NC2CCCCC2)cc(C2CCOCC2)n1. The number of hydrogen-bond acceptors (Lipinski definition) is 6. The highest BCUT2D eigenvalue weighted by Crippen LogP contribution is 2.28. The van der Waals surface area contributed by atoms with E-state index in [9.17, 15) is 4.79 Å². The Morgan fingerprint density at radius 2 is 1.86 bits per heavy atom. The summed E-state index contributed by atoms with van der Waals surface area (Å²) in [5.41, 5.74) is 2.20. The number of hydrogen-bond donors (Lipinski definition) is 2. The Kier molecular flexibility index (Phi) is 7.71. The van der Waals surface area contributed by atoms with E-state index in [1.807, 2.05) is 17.7 Å². The second kappa shape index (κ2) is 10.5. The number of aliphatic hydroxyl groups is 1. The van der Waals surface area contributed by atoms with Gasteiger partial charge in [-0.05, 0) is 31.7 Å². The highest BCUT2D eigenvalue weighted by Gasteiger charge is 2.23. The lowest BCUT2D eigenvalue weighted by Crippen LogP contribution is -2.36. The zero-order chi connectivity index (χ0) is 20.6. The molecule has 0 aromatic carbocycles. The smallest absolute Gasteiger partial charge is 0.270 e. The highest BCUT2D eigenvalue weighted by atomic mass is 16.5. The van der Waals surface area contributed by atoms with Gasteiger partial charge in [-0.25, -0.2) is 15.0 Å². The molecule has 0 radical (unpaired) electrons. The van der Waals surface area contributed by atoms with Gasteiger partial charge in [0.25, 0.3) is 5.91 Å². The summed E-state index contributed by atoms with van der Waals surface area (Å²) in [6, 6.07) is 2.13. The first-order chi connectivity index (χ1) is 14.2. The van der Waals surface area contributed by atoms with Gasteiger partial charge < -0.3 is 19.7 Å². The quantitative estimate of drug-likeness (QED) is 0.816. The van der Waals surface area contributed by atoms with Crippen molar-refractivity contribution in [3.8, 4) is 11.5 Å². The van der Waals surface area contributed by atoms with Crippen LogP contribution in [0.4, 0.5) is 0 Å².